The molecule has 5 heterocycles. The molecule has 150 valence electrons. The van der Waals surface area contributed by atoms with Crippen LogP contribution >= 0.6 is 0 Å². The molecule has 2 aliphatic rings. The molecule has 2 N–H and O–H groups in total. The number of aromatic nitrogens is 4. The van der Waals surface area contributed by atoms with Crippen LogP contribution in [-0.4, -0.2) is 19.9 Å². The number of hydrogen-bond donors (Lipinski definition) is 2. The molecule has 0 saturated carbocycles. The largest absolute Gasteiger partial charge is 0.355 e. The fraction of sp³-hybridized carbons (Fsp3) is 0. The first-order chi connectivity index (χ1) is 14.8. The Bertz CT molecular complexity index is 1490. The molecular formula is C26H18ArN4. The second kappa shape index (κ2) is 8.31. The molecule has 2 aliphatic heterocycles. The molecule has 0 radical (unpaired) electrons. The molecule has 8 bridgehead atoms. The van der Waals surface area contributed by atoms with Crippen molar-refractivity contribution in [3.8, 4) is 11.1 Å². The SMILES string of the molecule is C1=Cc2cc3ccc(cc4cc(-c5ccccc5)c(cc5nc(cc1n2)C=C5)[nH]4)[nH]3.[Ar]. The van der Waals surface area contributed by atoms with Crippen molar-refractivity contribution in [2.24, 2.45) is 0 Å². The molecule has 0 unspecified atom stereocenters. The van der Waals surface area contributed by atoms with E-state index in [1.807, 2.05) is 42.5 Å². The van der Waals surface area contributed by atoms with Gasteiger partial charge >= 0.3 is 0 Å². The second-order valence-electron chi connectivity index (χ2n) is 7.45. The number of nitrogens with one attached hydrogen (secondary N) is 2. The van der Waals surface area contributed by atoms with Gasteiger partial charge in [0.15, 0.2) is 0 Å². The van der Waals surface area contributed by atoms with E-state index >= 15 is 0 Å². The van der Waals surface area contributed by atoms with Crippen molar-refractivity contribution in [2.45, 2.75) is 0 Å². The average molecular weight is 426 g/mol. The fourth-order valence-electron chi connectivity index (χ4n) is 3.87. The summed E-state index contributed by atoms with van der Waals surface area (Å²) >= 11 is 0. The molecule has 0 amide bonds. The summed E-state index contributed by atoms with van der Waals surface area (Å²) in [6, 6.07) is 25.0. The Hall–Kier alpha value is -2.92. The quantitative estimate of drug-likeness (QED) is 0.323. The maximum absolute atomic E-state index is 4.76. The molecule has 6 rings (SSSR count). The molecule has 3 aromatic heterocycles. The minimum absolute atomic E-state index is 0. The Kier molecular flexibility index (Phi) is 5.36. The number of aromatic amines is 2. The number of benzene rings is 1. The summed E-state index contributed by atoms with van der Waals surface area (Å²) in [7, 11) is 0. The van der Waals surface area contributed by atoms with E-state index < -0.39 is 0 Å². The third-order valence-electron chi connectivity index (χ3n) is 5.25. The van der Waals surface area contributed by atoms with Gasteiger partial charge in [0, 0.05) is 65.4 Å². The van der Waals surface area contributed by atoms with E-state index in [9.17, 15) is 0 Å². The summed E-state index contributed by atoms with van der Waals surface area (Å²) in [4.78, 5) is 16.4. The Balaban J connectivity index is 0.00000204. The van der Waals surface area contributed by atoms with Crippen LogP contribution < -0.4 is 0 Å². The van der Waals surface area contributed by atoms with E-state index in [4.69, 9.17) is 4.98 Å². The summed E-state index contributed by atoms with van der Waals surface area (Å²) in [5.74, 6) is 0. The topological polar surface area (TPSA) is 57.4 Å². The van der Waals surface area contributed by atoms with Crippen molar-refractivity contribution in [2.75, 3.05) is 0 Å². The molecule has 31 heavy (non-hydrogen) atoms. The summed E-state index contributed by atoms with van der Waals surface area (Å²) in [5, 5.41) is 0. The van der Waals surface area contributed by atoms with Gasteiger partial charge in [0.2, 0.25) is 0 Å². The van der Waals surface area contributed by atoms with Crippen LogP contribution in [0, 0.1) is 37.7 Å². The van der Waals surface area contributed by atoms with Crippen molar-refractivity contribution in [3.63, 3.8) is 0 Å². The first-order valence-corrected chi connectivity index (χ1v) is 9.92. The molecule has 5 heteroatoms. The van der Waals surface area contributed by atoms with Crippen LogP contribution in [0.3, 0.4) is 0 Å². The molecule has 0 fully saturated rings. The average Bonchev–Trinajstić information content (AvgIpc) is 3.53. The molecule has 4 nitrogen and oxygen atoms in total. The van der Waals surface area contributed by atoms with Gasteiger partial charge in [0.05, 0.1) is 22.8 Å². The van der Waals surface area contributed by atoms with E-state index in [1.165, 1.54) is 5.56 Å². The van der Waals surface area contributed by atoms with Gasteiger partial charge in [-0.15, -0.1) is 0 Å². The Morgan fingerprint density at radius 3 is 1.84 bits per heavy atom. The zero-order valence-corrected chi connectivity index (χ0v) is 17.2. The standard InChI is InChI=1S/C26H18N4.Ar/c1-2-4-17(5-3-1)25-15-24-14-22-9-8-20(28-22)12-18-6-7-19(27-18)13-21-10-11-23(29-21)16-26(25)30-24;/h1-16,28,30H;. The summed E-state index contributed by atoms with van der Waals surface area (Å²) in [6.07, 6.45) is 8.10. The maximum atomic E-state index is 4.76. The molecule has 1 aromatic carbocycles. The number of H-pyrrole nitrogens is 2. The molecule has 0 spiro atoms. The van der Waals surface area contributed by atoms with Crippen LogP contribution in [0.1, 0.15) is 22.8 Å². The van der Waals surface area contributed by atoms with Gasteiger partial charge in [0.25, 0.3) is 0 Å². The molecule has 0 saturated heterocycles. The van der Waals surface area contributed by atoms with Crippen LogP contribution in [0.15, 0.2) is 72.8 Å². The third-order valence-corrected chi connectivity index (χ3v) is 5.25. The van der Waals surface area contributed by atoms with Gasteiger partial charge in [-0.3, -0.25) is 0 Å². The second-order valence-corrected chi connectivity index (χ2v) is 7.45. The normalized spacial score (nSPS) is 12.0. The van der Waals surface area contributed by atoms with Crippen molar-refractivity contribution < 1.29 is 37.7 Å². The number of hydrogen-bond acceptors (Lipinski definition) is 2. The van der Waals surface area contributed by atoms with Crippen molar-refractivity contribution in [1.82, 2.24) is 19.9 Å². The van der Waals surface area contributed by atoms with E-state index in [0.29, 0.717) is 0 Å². The molecule has 4 aromatic rings. The van der Waals surface area contributed by atoms with E-state index in [-0.39, 0.29) is 37.7 Å². The fourth-order valence-corrected chi connectivity index (χ4v) is 3.87. The first-order valence-electron chi connectivity index (χ1n) is 9.92. The first kappa shape index (κ1) is 20.0. The number of rotatable bonds is 1. The summed E-state index contributed by atoms with van der Waals surface area (Å²) < 4.78 is 0. The van der Waals surface area contributed by atoms with Crippen molar-refractivity contribution >= 4 is 46.4 Å². The van der Waals surface area contributed by atoms with E-state index in [2.05, 4.69) is 69.5 Å². The van der Waals surface area contributed by atoms with Crippen molar-refractivity contribution in [1.29, 1.82) is 0 Å². The Morgan fingerprint density at radius 1 is 0.516 bits per heavy atom. The van der Waals surface area contributed by atoms with E-state index in [1.54, 1.807) is 0 Å². The van der Waals surface area contributed by atoms with Gasteiger partial charge in [-0.2, -0.15) is 0 Å². The maximum Gasteiger partial charge on any atom is 0.0659 e. The smallest absolute Gasteiger partial charge is 0.0659 e. The summed E-state index contributed by atoms with van der Waals surface area (Å²) in [5.41, 5.74) is 10.1. The Labute approximate surface area is 209 Å². The molecule has 0 aliphatic carbocycles. The van der Waals surface area contributed by atoms with Crippen LogP contribution in [-0.2, 0) is 0 Å². The zero-order valence-electron chi connectivity index (χ0n) is 16.5. The predicted molar refractivity (Wildman–Crippen MR) is 124 cm³/mol. The Morgan fingerprint density at radius 2 is 1.13 bits per heavy atom. The van der Waals surface area contributed by atoms with Crippen LogP contribution in [0.25, 0.3) is 57.5 Å². The predicted octanol–water partition coefficient (Wildman–Crippen LogP) is 6.32. The minimum Gasteiger partial charge on any atom is -0.355 e. The molecule has 0 atom stereocenters. The summed E-state index contributed by atoms with van der Waals surface area (Å²) in [6.45, 7) is 0. The monoisotopic (exact) mass is 426 g/mol. The zero-order chi connectivity index (χ0) is 19.9. The minimum atomic E-state index is 0. The third kappa shape index (κ3) is 4.15. The van der Waals surface area contributed by atoms with Gasteiger partial charge < -0.3 is 9.97 Å². The number of fused-ring (bicyclic) bond motifs is 8. The van der Waals surface area contributed by atoms with Gasteiger partial charge in [0.1, 0.15) is 0 Å². The number of nitrogens with zero attached hydrogens (tertiary/aromatic N) is 2. The van der Waals surface area contributed by atoms with Crippen LogP contribution in [0.5, 0.6) is 0 Å². The molecular weight excluding hydrogens is 408 g/mol. The van der Waals surface area contributed by atoms with Crippen molar-refractivity contribution in [3.05, 3.63) is 95.6 Å². The van der Waals surface area contributed by atoms with Crippen LogP contribution in [0.2, 0.25) is 0 Å². The van der Waals surface area contributed by atoms with Crippen LogP contribution in [0.4, 0.5) is 0 Å². The van der Waals surface area contributed by atoms with Gasteiger partial charge in [-0.05, 0) is 72.3 Å². The van der Waals surface area contributed by atoms with Gasteiger partial charge in [-0.25, -0.2) is 9.97 Å². The van der Waals surface area contributed by atoms with Gasteiger partial charge in [-0.1, -0.05) is 30.3 Å². The van der Waals surface area contributed by atoms with E-state index in [0.717, 1.165) is 50.4 Å².